The van der Waals surface area contributed by atoms with E-state index >= 15 is 0 Å². The molecule has 1 aromatic heterocycles. The zero-order valence-electron chi connectivity index (χ0n) is 17.7. The van der Waals surface area contributed by atoms with Crippen LogP contribution >= 0.6 is 0 Å². The third kappa shape index (κ3) is 5.98. The maximum atomic E-state index is 12.3. The highest BCUT2D eigenvalue weighted by molar-refractivity contribution is 5.89. The van der Waals surface area contributed by atoms with Crippen molar-refractivity contribution in [3.8, 4) is 5.75 Å². The maximum absolute atomic E-state index is 12.3. The number of carbonyl (C=O) groups is 1. The van der Waals surface area contributed by atoms with Crippen LogP contribution in [0.5, 0.6) is 5.75 Å². The maximum Gasteiger partial charge on any atom is 0.321 e. The van der Waals surface area contributed by atoms with Crippen LogP contribution in [0.3, 0.4) is 0 Å². The number of anilines is 1. The van der Waals surface area contributed by atoms with Crippen molar-refractivity contribution < 1.29 is 14.1 Å². The quantitative estimate of drug-likeness (QED) is 0.583. The predicted molar refractivity (Wildman–Crippen MR) is 121 cm³/mol. The van der Waals surface area contributed by atoms with Gasteiger partial charge < -0.3 is 19.5 Å². The minimum atomic E-state index is -0.120. The molecule has 1 saturated heterocycles. The second kappa shape index (κ2) is 9.98. The zero-order chi connectivity index (χ0) is 21.5. The Morgan fingerprint density at radius 2 is 2.00 bits per heavy atom. The largest absolute Gasteiger partial charge is 0.490 e. The topological polar surface area (TPSA) is 67.6 Å². The fourth-order valence-electron chi connectivity index (χ4n) is 3.74. The molecular formula is C25H27N3O3. The van der Waals surface area contributed by atoms with Crippen LogP contribution in [0.15, 0.2) is 77.2 Å². The molecule has 2 heterocycles. The average molecular weight is 418 g/mol. The molecule has 1 aliphatic heterocycles. The van der Waals surface area contributed by atoms with Crippen LogP contribution in [-0.4, -0.2) is 35.3 Å². The fourth-order valence-corrected chi connectivity index (χ4v) is 3.74. The lowest BCUT2D eigenvalue weighted by molar-refractivity contribution is 0.208. The van der Waals surface area contributed by atoms with Crippen LogP contribution < -0.4 is 10.1 Å². The molecule has 1 unspecified atom stereocenters. The number of hydrogen-bond acceptors (Lipinski definition) is 4. The summed E-state index contributed by atoms with van der Waals surface area (Å²) in [6.07, 6.45) is 7.80. The number of nitrogens with zero attached hydrogens (tertiary/aromatic N) is 2. The van der Waals surface area contributed by atoms with Gasteiger partial charge in [-0.3, -0.25) is 0 Å². The summed E-state index contributed by atoms with van der Waals surface area (Å²) in [4.78, 5) is 14.1. The summed E-state index contributed by atoms with van der Waals surface area (Å²) < 4.78 is 10.9. The van der Waals surface area contributed by atoms with Gasteiger partial charge in [0.15, 0.2) is 0 Å². The van der Waals surface area contributed by atoms with E-state index in [0.29, 0.717) is 18.8 Å². The lowest BCUT2D eigenvalue weighted by Crippen LogP contribution is -2.39. The second-order valence-electron chi connectivity index (χ2n) is 7.82. The van der Waals surface area contributed by atoms with E-state index in [4.69, 9.17) is 9.26 Å². The first-order valence-electron chi connectivity index (χ1n) is 10.6. The van der Waals surface area contributed by atoms with Crippen molar-refractivity contribution in [3.05, 3.63) is 83.8 Å². The van der Waals surface area contributed by atoms with E-state index in [1.807, 2.05) is 23.1 Å². The Kier molecular flexibility index (Phi) is 6.67. The van der Waals surface area contributed by atoms with Crippen LogP contribution in [0.1, 0.15) is 30.9 Å². The number of likely N-dealkylation sites (tertiary alicyclic amines) is 1. The Balaban J connectivity index is 1.30. The van der Waals surface area contributed by atoms with Gasteiger partial charge in [-0.15, -0.1) is 0 Å². The fraction of sp³-hybridized carbons (Fsp3) is 0.280. The van der Waals surface area contributed by atoms with Gasteiger partial charge in [0.25, 0.3) is 0 Å². The van der Waals surface area contributed by atoms with Crippen LogP contribution in [0.25, 0.3) is 6.08 Å². The summed E-state index contributed by atoms with van der Waals surface area (Å²) in [5, 5.41) is 6.39. The van der Waals surface area contributed by atoms with Gasteiger partial charge in [-0.1, -0.05) is 59.3 Å². The molecule has 6 heteroatoms. The SMILES string of the molecule is CC(Cc1ccccc1)Oc1cccc(C=C2CCN(C(=O)Nc3cnoc3)CC2)c1. The molecule has 1 N–H and O–H groups in total. The molecule has 2 amide bonds. The summed E-state index contributed by atoms with van der Waals surface area (Å²) in [6, 6.07) is 18.5. The first-order chi connectivity index (χ1) is 15.2. The summed E-state index contributed by atoms with van der Waals surface area (Å²) in [7, 11) is 0. The van der Waals surface area contributed by atoms with E-state index in [1.54, 1.807) is 0 Å². The molecule has 4 rings (SSSR count). The van der Waals surface area contributed by atoms with Gasteiger partial charge in [-0.05, 0) is 43.0 Å². The lowest BCUT2D eigenvalue weighted by atomic mass is 10.0. The monoisotopic (exact) mass is 417 g/mol. The lowest BCUT2D eigenvalue weighted by Gasteiger charge is -2.28. The van der Waals surface area contributed by atoms with Gasteiger partial charge in [-0.25, -0.2) is 4.79 Å². The van der Waals surface area contributed by atoms with Crippen LogP contribution in [0, 0.1) is 0 Å². The first kappa shape index (κ1) is 20.7. The van der Waals surface area contributed by atoms with Gasteiger partial charge in [0, 0.05) is 19.5 Å². The van der Waals surface area contributed by atoms with E-state index in [9.17, 15) is 4.79 Å². The number of hydrogen-bond donors (Lipinski definition) is 1. The van der Waals surface area contributed by atoms with Crippen molar-refractivity contribution in [1.29, 1.82) is 0 Å². The molecule has 0 bridgehead atoms. The molecule has 0 spiro atoms. The number of carbonyl (C=O) groups excluding carboxylic acids is 1. The summed E-state index contributed by atoms with van der Waals surface area (Å²) >= 11 is 0. The highest BCUT2D eigenvalue weighted by Crippen LogP contribution is 2.23. The van der Waals surface area contributed by atoms with Gasteiger partial charge in [0.1, 0.15) is 17.7 Å². The minimum absolute atomic E-state index is 0.0949. The van der Waals surface area contributed by atoms with Crippen LogP contribution in [0.2, 0.25) is 0 Å². The van der Waals surface area contributed by atoms with Crippen molar-refractivity contribution in [1.82, 2.24) is 10.1 Å². The molecule has 6 nitrogen and oxygen atoms in total. The van der Waals surface area contributed by atoms with Crippen molar-refractivity contribution >= 4 is 17.8 Å². The molecule has 1 fully saturated rings. The van der Waals surface area contributed by atoms with E-state index in [-0.39, 0.29) is 12.1 Å². The molecule has 0 aliphatic carbocycles. The Morgan fingerprint density at radius 1 is 1.19 bits per heavy atom. The first-order valence-corrected chi connectivity index (χ1v) is 10.6. The van der Waals surface area contributed by atoms with E-state index < -0.39 is 0 Å². The Labute approximate surface area is 182 Å². The highest BCUT2D eigenvalue weighted by Gasteiger charge is 2.19. The Bertz CT molecular complexity index is 1010. The molecule has 31 heavy (non-hydrogen) atoms. The second-order valence-corrected chi connectivity index (χ2v) is 7.82. The highest BCUT2D eigenvalue weighted by atomic mass is 16.5. The molecule has 1 atom stereocenters. The van der Waals surface area contributed by atoms with Crippen LogP contribution in [-0.2, 0) is 6.42 Å². The number of nitrogens with one attached hydrogen (secondary N) is 1. The average Bonchev–Trinajstić information content (AvgIpc) is 3.28. The molecule has 0 saturated carbocycles. The van der Waals surface area contributed by atoms with Gasteiger partial charge in [0.05, 0.1) is 12.3 Å². The standard InChI is InChI=1S/C25H27N3O3/c1-19(14-20-6-3-2-4-7-20)31-24-9-5-8-22(16-24)15-21-10-12-28(13-11-21)25(29)27-23-17-26-30-18-23/h2-9,15-19H,10-14H2,1H3,(H,27,29). The number of rotatable bonds is 6. The summed E-state index contributed by atoms with van der Waals surface area (Å²) in [6.45, 7) is 3.47. The number of urea groups is 1. The Morgan fingerprint density at radius 3 is 2.74 bits per heavy atom. The molecule has 160 valence electrons. The van der Waals surface area contributed by atoms with Crippen molar-refractivity contribution in [2.24, 2.45) is 0 Å². The van der Waals surface area contributed by atoms with Crippen molar-refractivity contribution in [2.75, 3.05) is 18.4 Å². The third-order valence-corrected chi connectivity index (χ3v) is 5.31. The summed E-state index contributed by atoms with van der Waals surface area (Å²) in [5.41, 5.74) is 4.31. The Hall–Kier alpha value is -3.54. The number of benzene rings is 2. The summed E-state index contributed by atoms with van der Waals surface area (Å²) in [5.74, 6) is 0.878. The smallest absolute Gasteiger partial charge is 0.321 e. The number of ether oxygens (including phenoxy) is 1. The number of piperidine rings is 1. The normalized spacial score (nSPS) is 14.7. The van der Waals surface area contributed by atoms with Crippen LogP contribution in [0.4, 0.5) is 10.5 Å². The molecule has 0 radical (unpaired) electrons. The van der Waals surface area contributed by atoms with E-state index in [2.05, 4.69) is 59.9 Å². The molecule has 2 aromatic carbocycles. The molecular weight excluding hydrogens is 390 g/mol. The van der Waals surface area contributed by atoms with Crippen molar-refractivity contribution in [3.63, 3.8) is 0 Å². The number of amides is 2. The van der Waals surface area contributed by atoms with Gasteiger partial charge in [-0.2, -0.15) is 0 Å². The number of aromatic nitrogens is 1. The minimum Gasteiger partial charge on any atom is -0.490 e. The van der Waals surface area contributed by atoms with Crippen molar-refractivity contribution in [2.45, 2.75) is 32.3 Å². The van der Waals surface area contributed by atoms with E-state index in [1.165, 1.54) is 23.6 Å². The molecule has 3 aromatic rings. The van der Waals surface area contributed by atoms with Gasteiger partial charge >= 0.3 is 6.03 Å². The van der Waals surface area contributed by atoms with E-state index in [0.717, 1.165) is 30.6 Å². The predicted octanol–water partition coefficient (Wildman–Crippen LogP) is 5.40. The third-order valence-electron chi connectivity index (χ3n) is 5.31. The van der Waals surface area contributed by atoms with Gasteiger partial charge in [0.2, 0.25) is 0 Å². The molecule has 1 aliphatic rings. The zero-order valence-corrected chi connectivity index (χ0v) is 17.7.